The number of aromatic nitrogens is 3. The van der Waals surface area contributed by atoms with Gasteiger partial charge in [-0.3, -0.25) is 4.79 Å². The number of oxazole rings is 1. The summed E-state index contributed by atoms with van der Waals surface area (Å²) in [5.41, 5.74) is 0.583. The van der Waals surface area contributed by atoms with Gasteiger partial charge in [0.25, 0.3) is 0 Å². The van der Waals surface area contributed by atoms with Crippen LogP contribution in [0.4, 0.5) is 0 Å². The predicted molar refractivity (Wildman–Crippen MR) is 65.1 cm³/mol. The minimum Gasteiger partial charge on any atom is -0.435 e. The summed E-state index contributed by atoms with van der Waals surface area (Å²) < 4.78 is 5.57. The molecule has 2 aromatic rings. The quantitative estimate of drug-likeness (QED) is 0.877. The Hall–Kier alpha value is -1.65. The average Bonchev–Trinajstić information content (AvgIpc) is 3.03. The van der Waals surface area contributed by atoms with Crippen molar-refractivity contribution in [2.45, 2.75) is 32.1 Å². The largest absolute Gasteiger partial charge is 0.435 e. The molecular formula is C13H15N3O2. The van der Waals surface area contributed by atoms with E-state index in [1.165, 1.54) is 25.7 Å². The number of nitrogens with one attached hydrogen (secondary N) is 1. The molecule has 5 nitrogen and oxygen atoms in total. The van der Waals surface area contributed by atoms with E-state index in [1.807, 2.05) is 0 Å². The molecule has 3 unspecified atom stereocenters. The van der Waals surface area contributed by atoms with Crippen molar-refractivity contribution in [2.24, 2.45) is 17.8 Å². The van der Waals surface area contributed by atoms with Gasteiger partial charge in [0.2, 0.25) is 5.58 Å². The fourth-order valence-electron chi connectivity index (χ4n) is 3.77. The summed E-state index contributed by atoms with van der Waals surface area (Å²) in [4.78, 5) is 15.9. The van der Waals surface area contributed by atoms with Crippen molar-refractivity contribution in [3.8, 4) is 0 Å². The molecule has 1 N–H and O–H groups in total. The fraction of sp³-hybridized carbons (Fsp3) is 0.615. The Morgan fingerprint density at radius 3 is 3.06 bits per heavy atom. The van der Waals surface area contributed by atoms with Crippen molar-refractivity contribution in [3.63, 3.8) is 0 Å². The smallest absolute Gasteiger partial charge is 0.309 e. The standard InChI is InChI=1S/C13H15N3O2/c17-13-12-10(6-14-16-13)15-11(18-12)5-9-4-7-1-2-8(9)3-7/h6-9H,1-5H2,(H,16,17). The molecule has 2 aliphatic rings. The first-order valence-electron chi connectivity index (χ1n) is 6.62. The van der Waals surface area contributed by atoms with Crippen LogP contribution in [-0.2, 0) is 6.42 Å². The molecule has 2 aromatic heterocycles. The number of fused-ring (bicyclic) bond motifs is 3. The van der Waals surface area contributed by atoms with E-state index in [2.05, 4.69) is 15.2 Å². The molecule has 2 fully saturated rings. The molecule has 94 valence electrons. The summed E-state index contributed by atoms with van der Waals surface area (Å²) >= 11 is 0. The summed E-state index contributed by atoms with van der Waals surface area (Å²) in [7, 11) is 0. The number of hydrogen-bond donors (Lipinski definition) is 1. The van der Waals surface area contributed by atoms with Crippen LogP contribution in [0.3, 0.4) is 0 Å². The highest BCUT2D eigenvalue weighted by Crippen LogP contribution is 2.49. The van der Waals surface area contributed by atoms with Crippen molar-refractivity contribution >= 4 is 11.1 Å². The van der Waals surface area contributed by atoms with Crippen molar-refractivity contribution in [3.05, 3.63) is 22.4 Å². The molecule has 3 atom stereocenters. The van der Waals surface area contributed by atoms with Gasteiger partial charge in [0, 0.05) is 6.42 Å². The maximum absolute atomic E-state index is 11.5. The van der Waals surface area contributed by atoms with Gasteiger partial charge in [-0.1, -0.05) is 6.42 Å². The Balaban J connectivity index is 1.63. The molecule has 2 bridgehead atoms. The zero-order valence-corrected chi connectivity index (χ0v) is 10.1. The van der Waals surface area contributed by atoms with Gasteiger partial charge in [0.1, 0.15) is 5.52 Å². The Morgan fingerprint density at radius 1 is 1.39 bits per heavy atom. The van der Waals surface area contributed by atoms with Gasteiger partial charge in [0.15, 0.2) is 5.89 Å². The molecule has 18 heavy (non-hydrogen) atoms. The van der Waals surface area contributed by atoms with Crippen LogP contribution in [-0.4, -0.2) is 15.2 Å². The van der Waals surface area contributed by atoms with Crippen LogP contribution in [0.1, 0.15) is 31.6 Å². The molecule has 4 rings (SSSR count). The molecule has 2 aliphatic carbocycles. The lowest BCUT2D eigenvalue weighted by molar-refractivity contribution is 0.310. The van der Waals surface area contributed by atoms with E-state index < -0.39 is 0 Å². The zero-order chi connectivity index (χ0) is 12.1. The Labute approximate surface area is 104 Å². The van der Waals surface area contributed by atoms with Gasteiger partial charge in [-0.15, -0.1) is 0 Å². The van der Waals surface area contributed by atoms with Crippen LogP contribution in [0.25, 0.3) is 11.1 Å². The molecule has 0 spiro atoms. The molecule has 0 aromatic carbocycles. The number of aromatic amines is 1. The van der Waals surface area contributed by atoms with Crippen LogP contribution in [0, 0.1) is 17.8 Å². The lowest BCUT2D eigenvalue weighted by atomic mass is 9.86. The van der Waals surface area contributed by atoms with Crippen LogP contribution in [0.15, 0.2) is 15.4 Å². The van der Waals surface area contributed by atoms with E-state index in [4.69, 9.17) is 4.42 Å². The number of nitrogens with zero attached hydrogens (tertiary/aromatic N) is 2. The predicted octanol–water partition coefficient (Wildman–Crippen LogP) is 1.89. The lowest BCUT2D eigenvalue weighted by Crippen LogP contribution is -2.13. The number of hydrogen-bond acceptors (Lipinski definition) is 4. The highest BCUT2D eigenvalue weighted by molar-refractivity contribution is 5.69. The minimum absolute atomic E-state index is 0.292. The third-order valence-electron chi connectivity index (χ3n) is 4.58. The summed E-state index contributed by atoms with van der Waals surface area (Å²) in [6.07, 6.45) is 7.86. The van der Waals surface area contributed by atoms with E-state index in [9.17, 15) is 4.79 Å². The average molecular weight is 245 g/mol. The van der Waals surface area contributed by atoms with Crippen molar-refractivity contribution < 1.29 is 4.42 Å². The molecule has 0 amide bonds. The molecule has 5 heteroatoms. The van der Waals surface area contributed by atoms with Crippen molar-refractivity contribution in [1.29, 1.82) is 0 Å². The Morgan fingerprint density at radius 2 is 2.33 bits per heavy atom. The Bertz CT molecular complexity index is 645. The number of H-pyrrole nitrogens is 1. The first-order chi connectivity index (χ1) is 8.79. The van der Waals surface area contributed by atoms with E-state index in [0.717, 1.165) is 18.3 Å². The second-order valence-electron chi connectivity index (χ2n) is 5.66. The van der Waals surface area contributed by atoms with Gasteiger partial charge in [-0.2, -0.15) is 5.10 Å². The minimum atomic E-state index is -0.292. The van der Waals surface area contributed by atoms with Crippen molar-refractivity contribution in [2.75, 3.05) is 0 Å². The molecule has 2 heterocycles. The normalized spacial score (nSPS) is 30.3. The van der Waals surface area contributed by atoms with E-state index >= 15 is 0 Å². The fourth-order valence-corrected chi connectivity index (χ4v) is 3.77. The van der Waals surface area contributed by atoms with Crippen LogP contribution < -0.4 is 5.56 Å². The third-order valence-corrected chi connectivity index (χ3v) is 4.58. The van der Waals surface area contributed by atoms with E-state index in [-0.39, 0.29) is 5.56 Å². The summed E-state index contributed by atoms with van der Waals surface area (Å²) in [5, 5.41) is 6.10. The SMILES string of the molecule is O=c1[nH]ncc2nc(CC3CC4CCC3C4)oc12. The van der Waals surface area contributed by atoms with Gasteiger partial charge >= 0.3 is 5.56 Å². The first kappa shape index (κ1) is 10.3. The summed E-state index contributed by atoms with van der Waals surface area (Å²) in [5.74, 6) is 3.17. The third kappa shape index (κ3) is 1.50. The van der Waals surface area contributed by atoms with Gasteiger partial charge in [-0.05, 0) is 37.0 Å². The monoisotopic (exact) mass is 245 g/mol. The topological polar surface area (TPSA) is 71.8 Å². The maximum atomic E-state index is 11.5. The molecule has 2 saturated carbocycles. The lowest BCUT2D eigenvalue weighted by Gasteiger charge is -2.19. The van der Waals surface area contributed by atoms with E-state index in [0.29, 0.717) is 22.9 Å². The van der Waals surface area contributed by atoms with Gasteiger partial charge in [-0.25, -0.2) is 10.1 Å². The van der Waals surface area contributed by atoms with Gasteiger partial charge < -0.3 is 4.42 Å². The molecule has 0 radical (unpaired) electrons. The van der Waals surface area contributed by atoms with Crippen LogP contribution in [0.2, 0.25) is 0 Å². The van der Waals surface area contributed by atoms with Crippen LogP contribution in [0.5, 0.6) is 0 Å². The van der Waals surface area contributed by atoms with Crippen molar-refractivity contribution in [1.82, 2.24) is 15.2 Å². The highest BCUT2D eigenvalue weighted by Gasteiger charge is 2.39. The second kappa shape index (κ2) is 3.67. The molecular weight excluding hydrogens is 230 g/mol. The molecule has 0 saturated heterocycles. The second-order valence-corrected chi connectivity index (χ2v) is 5.66. The highest BCUT2D eigenvalue weighted by atomic mass is 16.4. The number of rotatable bonds is 2. The zero-order valence-electron chi connectivity index (χ0n) is 10.1. The maximum Gasteiger partial charge on any atom is 0.309 e. The van der Waals surface area contributed by atoms with Gasteiger partial charge in [0.05, 0.1) is 6.20 Å². The van der Waals surface area contributed by atoms with Crippen LogP contribution >= 0.6 is 0 Å². The summed E-state index contributed by atoms with van der Waals surface area (Å²) in [6.45, 7) is 0. The van der Waals surface area contributed by atoms with E-state index in [1.54, 1.807) is 6.20 Å². The molecule has 0 aliphatic heterocycles. The first-order valence-corrected chi connectivity index (χ1v) is 6.62. The summed E-state index contributed by atoms with van der Waals surface area (Å²) in [6, 6.07) is 0. The Kier molecular flexibility index (Phi) is 2.10.